The quantitative estimate of drug-likeness (QED) is 0.753. The van der Waals surface area contributed by atoms with Crippen molar-refractivity contribution < 1.29 is 4.79 Å². The third kappa shape index (κ3) is 2.41. The standard InChI is InChI=1S/C13H20N4O/c1-2-16-6-8-17(9-7-16)13(18)10-4-3-5-11(14)12(10)15/h3-5H,2,6-9,14-15H2,1H3. The Labute approximate surface area is 107 Å². The lowest BCUT2D eigenvalue weighted by Crippen LogP contribution is -2.48. The number of para-hydroxylation sites is 1. The van der Waals surface area contributed by atoms with Crippen LogP contribution in [0.25, 0.3) is 0 Å². The number of benzene rings is 1. The number of piperazine rings is 1. The fourth-order valence-electron chi connectivity index (χ4n) is 2.21. The van der Waals surface area contributed by atoms with E-state index in [0.29, 0.717) is 16.9 Å². The summed E-state index contributed by atoms with van der Waals surface area (Å²) in [7, 11) is 0. The van der Waals surface area contributed by atoms with Crippen LogP contribution < -0.4 is 11.5 Å². The van der Waals surface area contributed by atoms with Crippen molar-refractivity contribution in [2.45, 2.75) is 6.92 Å². The maximum absolute atomic E-state index is 12.3. The third-order valence-electron chi connectivity index (χ3n) is 3.48. The first-order chi connectivity index (χ1) is 8.63. The van der Waals surface area contributed by atoms with Gasteiger partial charge >= 0.3 is 0 Å². The van der Waals surface area contributed by atoms with Crippen molar-refractivity contribution in [1.29, 1.82) is 0 Å². The highest BCUT2D eigenvalue weighted by atomic mass is 16.2. The summed E-state index contributed by atoms with van der Waals surface area (Å²) in [6.45, 7) is 6.51. The molecule has 0 saturated carbocycles. The Morgan fingerprint density at radius 3 is 2.50 bits per heavy atom. The van der Waals surface area contributed by atoms with Gasteiger partial charge in [0.1, 0.15) is 0 Å². The molecule has 1 fully saturated rings. The monoisotopic (exact) mass is 248 g/mol. The van der Waals surface area contributed by atoms with Crippen molar-refractivity contribution in [2.24, 2.45) is 0 Å². The average molecular weight is 248 g/mol. The zero-order chi connectivity index (χ0) is 13.1. The van der Waals surface area contributed by atoms with E-state index >= 15 is 0 Å². The summed E-state index contributed by atoms with van der Waals surface area (Å²) < 4.78 is 0. The summed E-state index contributed by atoms with van der Waals surface area (Å²) in [5, 5.41) is 0. The molecule has 0 aliphatic carbocycles. The van der Waals surface area contributed by atoms with Crippen molar-refractivity contribution in [3.63, 3.8) is 0 Å². The first-order valence-electron chi connectivity index (χ1n) is 6.29. The second kappa shape index (κ2) is 5.27. The van der Waals surface area contributed by atoms with Gasteiger partial charge in [0.05, 0.1) is 16.9 Å². The van der Waals surface area contributed by atoms with Crippen LogP contribution in [0.3, 0.4) is 0 Å². The largest absolute Gasteiger partial charge is 0.397 e. The van der Waals surface area contributed by atoms with Crippen LogP contribution in [0.5, 0.6) is 0 Å². The van der Waals surface area contributed by atoms with Crippen LogP contribution in [0.15, 0.2) is 18.2 Å². The van der Waals surface area contributed by atoms with Gasteiger partial charge in [0.2, 0.25) is 0 Å². The minimum atomic E-state index is -0.0180. The van der Waals surface area contributed by atoms with Crippen molar-refractivity contribution in [2.75, 3.05) is 44.2 Å². The van der Waals surface area contributed by atoms with Gasteiger partial charge in [0.25, 0.3) is 5.91 Å². The van der Waals surface area contributed by atoms with Crippen molar-refractivity contribution in [3.8, 4) is 0 Å². The molecule has 0 unspecified atom stereocenters. The number of rotatable bonds is 2. The van der Waals surface area contributed by atoms with Gasteiger partial charge in [0.15, 0.2) is 0 Å². The van der Waals surface area contributed by atoms with Crippen molar-refractivity contribution >= 4 is 17.3 Å². The summed E-state index contributed by atoms with van der Waals surface area (Å²) >= 11 is 0. The molecule has 1 aromatic rings. The lowest BCUT2D eigenvalue weighted by Gasteiger charge is -2.34. The highest BCUT2D eigenvalue weighted by Crippen LogP contribution is 2.21. The second-order valence-electron chi connectivity index (χ2n) is 4.53. The van der Waals surface area contributed by atoms with Crippen LogP contribution in [0.4, 0.5) is 11.4 Å². The predicted molar refractivity (Wildman–Crippen MR) is 73.3 cm³/mol. The van der Waals surface area contributed by atoms with Crippen LogP contribution in [0.1, 0.15) is 17.3 Å². The number of hydrogen-bond donors (Lipinski definition) is 2. The fraction of sp³-hybridized carbons (Fsp3) is 0.462. The normalized spacial score (nSPS) is 16.8. The predicted octanol–water partition coefficient (Wildman–Crippen LogP) is 0.629. The highest BCUT2D eigenvalue weighted by molar-refractivity contribution is 6.01. The van der Waals surface area contributed by atoms with Gasteiger partial charge in [-0.1, -0.05) is 13.0 Å². The Kier molecular flexibility index (Phi) is 3.72. The van der Waals surface area contributed by atoms with Crippen LogP contribution in [0, 0.1) is 0 Å². The van der Waals surface area contributed by atoms with Gasteiger partial charge in [-0.05, 0) is 18.7 Å². The van der Waals surface area contributed by atoms with Crippen molar-refractivity contribution in [1.82, 2.24) is 9.80 Å². The fourth-order valence-corrected chi connectivity index (χ4v) is 2.21. The number of hydrogen-bond acceptors (Lipinski definition) is 4. The van der Waals surface area contributed by atoms with Crippen LogP contribution >= 0.6 is 0 Å². The van der Waals surface area contributed by atoms with Crippen molar-refractivity contribution in [3.05, 3.63) is 23.8 Å². The highest BCUT2D eigenvalue weighted by Gasteiger charge is 2.22. The van der Waals surface area contributed by atoms with E-state index < -0.39 is 0 Å². The number of amides is 1. The second-order valence-corrected chi connectivity index (χ2v) is 4.53. The molecule has 2 rings (SSSR count). The maximum Gasteiger partial charge on any atom is 0.256 e. The summed E-state index contributed by atoms with van der Waals surface area (Å²) in [5.74, 6) is -0.0180. The van der Waals surface area contributed by atoms with Crippen LogP contribution in [-0.4, -0.2) is 48.4 Å². The van der Waals surface area contributed by atoms with E-state index in [9.17, 15) is 4.79 Å². The van der Waals surface area contributed by atoms with E-state index in [1.165, 1.54) is 0 Å². The number of anilines is 2. The van der Waals surface area contributed by atoms with E-state index in [4.69, 9.17) is 11.5 Å². The zero-order valence-corrected chi connectivity index (χ0v) is 10.7. The Hall–Kier alpha value is -1.75. The summed E-state index contributed by atoms with van der Waals surface area (Å²) in [4.78, 5) is 16.5. The number of carbonyl (C=O) groups excluding carboxylic acids is 1. The molecule has 0 bridgehead atoms. The topological polar surface area (TPSA) is 75.6 Å². The Morgan fingerprint density at radius 2 is 1.89 bits per heavy atom. The number of nitrogens with zero attached hydrogens (tertiary/aromatic N) is 2. The van der Waals surface area contributed by atoms with Gasteiger partial charge in [0, 0.05) is 26.2 Å². The zero-order valence-electron chi connectivity index (χ0n) is 10.7. The van der Waals surface area contributed by atoms with E-state index in [1.807, 2.05) is 4.90 Å². The Morgan fingerprint density at radius 1 is 1.22 bits per heavy atom. The summed E-state index contributed by atoms with van der Waals surface area (Å²) in [6.07, 6.45) is 0. The molecular formula is C13H20N4O. The molecule has 5 heteroatoms. The SMILES string of the molecule is CCN1CCN(C(=O)c2cccc(N)c2N)CC1. The lowest BCUT2D eigenvalue weighted by atomic mass is 10.1. The molecule has 1 heterocycles. The smallest absolute Gasteiger partial charge is 0.256 e. The lowest BCUT2D eigenvalue weighted by molar-refractivity contribution is 0.0644. The molecule has 1 aromatic carbocycles. The molecule has 4 N–H and O–H groups in total. The molecule has 0 aromatic heterocycles. The average Bonchev–Trinajstić information content (AvgIpc) is 2.41. The molecular weight excluding hydrogens is 228 g/mol. The molecule has 1 aliphatic heterocycles. The van der Waals surface area contributed by atoms with E-state index in [2.05, 4.69) is 11.8 Å². The minimum absolute atomic E-state index is 0.0180. The summed E-state index contributed by atoms with van der Waals surface area (Å²) in [6, 6.07) is 5.21. The Bertz CT molecular complexity index is 439. The maximum atomic E-state index is 12.3. The van der Waals surface area contributed by atoms with Gasteiger partial charge in [-0.15, -0.1) is 0 Å². The molecule has 0 spiro atoms. The molecule has 0 atom stereocenters. The van der Waals surface area contributed by atoms with Gasteiger partial charge < -0.3 is 21.3 Å². The van der Waals surface area contributed by atoms with Gasteiger partial charge in [-0.3, -0.25) is 4.79 Å². The Balaban J connectivity index is 2.10. The van der Waals surface area contributed by atoms with Gasteiger partial charge in [-0.25, -0.2) is 0 Å². The number of likely N-dealkylation sites (N-methyl/N-ethyl adjacent to an activating group) is 1. The number of nitrogens with two attached hydrogens (primary N) is 2. The minimum Gasteiger partial charge on any atom is -0.397 e. The van der Waals surface area contributed by atoms with E-state index in [1.54, 1.807) is 18.2 Å². The van der Waals surface area contributed by atoms with E-state index in [-0.39, 0.29) is 5.91 Å². The molecule has 1 amide bonds. The first-order valence-corrected chi connectivity index (χ1v) is 6.29. The van der Waals surface area contributed by atoms with Crippen LogP contribution in [0.2, 0.25) is 0 Å². The van der Waals surface area contributed by atoms with Crippen LogP contribution in [-0.2, 0) is 0 Å². The van der Waals surface area contributed by atoms with E-state index in [0.717, 1.165) is 32.7 Å². The molecule has 1 aliphatic rings. The first kappa shape index (κ1) is 12.7. The molecule has 98 valence electrons. The summed E-state index contributed by atoms with van der Waals surface area (Å²) in [5.41, 5.74) is 13.0. The molecule has 0 radical (unpaired) electrons. The molecule has 5 nitrogen and oxygen atoms in total. The van der Waals surface area contributed by atoms with Gasteiger partial charge in [-0.2, -0.15) is 0 Å². The third-order valence-corrected chi connectivity index (χ3v) is 3.48. The number of carbonyl (C=O) groups is 1. The number of nitrogen functional groups attached to an aromatic ring is 2. The molecule has 18 heavy (non-hydrogen) atoms. The molecule has 1 saturated heterocycles.